The number of halogens is 1. The number of hydrogen-bond acceptors (Lipinski definition) is 3. The van der Waals surface area contributed by atoms with Gasteiger partial charge in [0.15, 0.2) is 5.82 Å². The molecular formula is C20H27FN4. The zero-order chi connectivity index (χ0) is 17.8. The van der Waals surface area contributed by atoms with Gasteiger partial charge in [-0.2, -0.15) is 0 Å². The third-order valence-electron chi connectivity index (χ3n) is 4.87. The molecule has 5 heteroatoms. The van der Waals surface area contributed by atoms with Crippen LogP contribution in [0, 0.1) is 5.82 Å². The molecule has 0 radical (unpaired) electrons. The molecule has 0 bridgehead atoms. The molecule has 0 aliphatic rings. The average Bonchev–Trinajstić information content (AvgIpc) is 2.98. The molecule has 1 unspecified atom stereocenters. The van der Waals surface area contributed by atoms with Crippen LogP contribution in [0.1, 0.15) is 33.6 Å². The number of aromatic nitrogens is 2. The molecule has 0 aliphatic heterocycles. The standard InChI is InChI=1S/C20H27FN4/c1-4-25(5-2)12-6-7-14(3)23-20-19-16(10-11-22-20)17-13-15(21)8-9-18(17)24-19/h8-11,13-14,24H,4-7,12H2,1-3H3,(H,22,23). The van der Waals surface area contributed by atoms with Crippen molar-refractivity contribution in [3.05, 3.63) is 36.3 Å². The molecule has 0 saturated heterocycles. The van der Waals surface area contributed by atoms with E-state index in [4.69, 9.17) is 0 Å². The van der Waals surface area contributed by atoms with Crippen molar-refractivity contribution >= 4 is 27.6 Å². The van der Waals surface area contributed by atoms with Crippen LogP contribution in [0.3, 0.4) is 0 Å². The SMILES string of the molecule is CCN(CC)CCCC(C)Nc1nccc2c1[nH]c1ccc(F)cc12. The summed E-state index contributed by atoms with van der Waals surface area (Å²) >= 11 is 0. The van der Waals surface area contributed by atoms with Crippen LogP contribution in [0.15, 0.2) is 30.5 Å². The summed E-state index contributed by atoms with van der Waals surface area (Å²) in [5, 5.41) is 5.42. The molecular weight excluding hydrogens is 315 g/mol. The summed E-state index contributed by atoms with van der Waals surface area (Å²) in [6.45, 7) is 9.92. The van der Waals surface area contributed by atoms with Gasteiger partial charge in [0, 0.05) is 28.5 Å². The Kier molecular flexibility index (Phi) is 5.53. The second kappa shape index (κ2) is 7.83. The van der Waals surface area contributed by atoms with Crippen molar-refractivity contribution in [1.82, 2.24) is 14.9 Å². The lowest BCUT2D eigenvalue weighted by molar-refractivity contribution is 0.295. The molecule has 134 valence electrons. The van der Waals surface area contributed by atoms with Crippen molar-refractivity contribution in [2.75, 3.05) is 25.0 Å². The number of nitrogens with one attached hydrogen (secondary N) is 2. The lowest BCUT2D eigenvalue weighted by Gasteiger charge is -2.20. The Labute approximate surface area is 148 Å². The number of anilines is 1. The number of hydrogen-bond donors (Lipinski definition) is 2. The summed E-state index contributed by atoms with van der Waals surface area (Å²) in [6.07, 6.45) is 4.03. The smallest absolute Gasteiger partial charge is 0.150 e. The van der Waals surface area contributed by atoms with Gasteiger partial charge in [-0.3, -0.25) is 0 Å². The van der Waals surface area contributed by atoms with Crippen LogP contribution in [0.25, 0.3) is 21.8 Å². The Morgan fingerprint density at radius 2 is 2.00 bits per heavy atom. The molecule has 25 heavy (non-hydrogen) atoms. The van der Waals surface area contributed by atoms with Crippen molar-refractivity contribution in [3.63, 3.8) is 0 Å². The molecule has 0 saturated carbocycles. The molecule has 0 spiro atoms. The normalized spacial score (nSPS) is 13.0. The Balaban J connectivity index is 1.74. The molecule has 1 atom stereocenters. The van der Waals surface area contributed by atoms with Gasteiger partial charge in [0.05, 0.1) is 5.52 Å². The number of fused-ring (bicyclic) bond motifs is 3. The lowest BCUT2D eigenvalue weighted by atomic mass is 10.1. The molecule has 0 aliphatic carbocycles. The predicted molar refractivity (Wildman–Crippen MR) is 104 cm³/mol. The van der Waals surface area contributed by atoms with Gasteiger partial charge in [0.1, 0.15) is 5.82 Å². The minimum absolute atomic E-state index is 0.218. The number of benzene rings is 1. The Morgan fingerprint density at radius 3 is 2.76 bits per heavy atom. The second-order valence-corrected chi connectivity index (χ2v) is 6.61. The third kappa shape index (κ3) is 3.93. The fourth-order valence-corrected chi connectivity index (χ4v) is 3.37. The Hall–Kier alpha value is -2.14. The van der Waals surface area contributed by atoms with Gasteiger partial charge in [0.2, 0.25) is 0 Å². The van der Waals surface area contributed by atoms with E-state index in [0.717, 1.165) is 60.1 Å². The maximum Gasteiger partial charge on any atom is 0.150 e. The zero-order valence-electron chi connectivity index (χ0n) is 15.3. The van der Waals surface area contributed by atoms with E-state index in [1.165, 1.54) is 6.07 Å². The van der Waals surface area contributed by atoms with Crippen LogP contribution in [0.2, 0.25) is 0 Å². The second-order valence-electron chi connectivity index (χ2n) is 6.61. The third-order valence-corrected chi connectivity index (χ3v) is 4.87. The van der Waals surface area contributed by atoms with Crippen LogP contribution in [-0.2, 0) is 0 Å². The molecule has 2 N–H and O–H groups in total. The summed E-state index contributed by atoms with van der Waals surface area (Å²) in [5.74, 6) is 0.619. The maximum absolute atomic E-state index is 13.6. The monoisotopic (exact) mass is 342 g/mol. The van der Waals surface area contributed by atoms with E-state index in [-0.39, 0.29) is 5.82 Å². The quantitative estimate of drug-likeness (QED) is 0.619. The van der Waals surface area contributed by atoms with Crippen molar-refractivity contribution in [3.8, 4) is 0 Å². The van der Waals surface area contributed by atoms with Crippen LogP contribution in [0.4, 0.5) is 10.2 Å². The van der Waals surface area contributed by atoms with E-state index < -0.39 is 0 Å². The fraction of sp³-hybridized carbons (Fsp3) is 0.450. The summed E-state index contributed by atoms with van der Waals surface area (Å²) < 4.78 is 13.6. The fourth-order valence-electron chi connectivity index (χ4n) is 3.37. The van der Waals surface area contributed by atoms with Crippen LogP contribution < -0.4 is 5.32 Å². The Morgan fingerprint density at radius 1 is 1.20 bits per heavy atom. The van der Waals surface area contributed by atoms with Crippen molar-refractivity contribution in [2.45, 2.75) is 39.7 Å². The number of pyridine rings is 1. The van der Waals surface area contributed by atoms with Gasteiger partial charge in [0.25, 0.3) is 0 Å². The van der Waals surface area contributed by atoms with E-state index in [0.29, 0.717) is 6.04 Å². The summed E-state index contributed by atoms with van der Waals surface area (Å²) in [7, 11) is 0. The van der Waals surface area contributed by atoms with E-state index in [1.807, 2.05) is 6.07 Å². The van der Waals surface area contributed by atoms with Crippen LogP contribution in [-0.4, -0.2) is 40.5 Å². The molecule has 1 aromatic carbocycles. The highest BCUT2D eigenvalue weighted by Gasteiger charge is 2.12. The van der Waals surface area contributed by atoms with Gasteiger partial charge in [-0.15, -0.1) is 0 Å². The van der Waals surface area contributed by atoms with Crippen molar-refractivity contribution < 1.29 is 4.39 Å². The zero-order valence-corrected chi connectivity index (χ0v) is 15.3. The molecule has 0 fully saturated rings. The van der Waals surface area contributed by atoms with Gasteiger partial charge < -0.3 is 15.2 Å². The van der Waals surface area contributed by atoms with Crippen molar-refractivity contribution in [1.29, 1.82) is 0 Å². The summed E-state index contributed by atoms with van der Waals surface area (Å²) in [4.78, 5) is 10.3. The summed E-state index contributed by atoms with van der Waals surface area (Å²) in [5.41, 5.74) is 1.88. The van der Waals surface area contributed by atoms with Crippen LogP contribution >= 0.6 is 0 Å². The highest BCUT2D eigenvalue weighted by Crippen LogP contribution is 2.29. The molecule has 2 aromatic heterocycles. The number of nitrogens with zero attached hydrogens (tertiary/aromatic N) is 2. The maximum atomic E-state index is 13.6. The van der Waals surface area contributed by atoms with Gasteiger partial charge in [-0.1, -0.05) is 13.8 Å². The minimum Gasteiger partial charge on any atom is -0.366 e. The van der Waals surface area contributed by atoms with E-state index in [9.17, 15) is 4.39 Å². The average molecular weight is 342 g/mol. The molecule has 2 heterocycles. The number of aromatic amines is 1. The first-order valence-corrected chi connectivity index (χ1v) is 9.17. The molecule has 3 rings (SSSR count). The Bertz CT molecular complexity index is 838. The molecule has 4 nitrogen and oxygen atoms in total. The predicted octanol–water partition coefficient (Wildman–Crippen LogP) is 4.78. The molecule has 0 amide bonds. The highest BCUT2D eigenvalue weighted by atomic mass is 19.1. The first kappa shape index (κ1) is 17.7. The highest BCUT2D eigenvalue weighted by molar-refractivity contribution is 6.10. The van der Waals surface area contributed by atoms with E-state index in [1.54, 1.807) is 18.3 Å². The topological polar surface area (TPSA) is 44.0 Å². The number of rotatable bonds is 8. The molecule has 3 aromatic rings. The van der Waals surface area contributed by atoms with Gasteiger partial charge in [-0.25, -0.2) is 9.37 Å². The van der Waals surface area contributed by atoms with E-state index >= 15 is 0 Å². The minimum atomic E-state index is -0.218. The van der Waals surface area contributed by atoms with Gasteiger partial charge >= 0.3 is 0 Å². The van der Waals surface area contributed by atoms with Crippen molar-refractivity contribution in [2.24, 2.45) is 0 Å². The van der Waals surface area contributed by atoms with Crippen LogP contribution in [0.5, 0.6) is 0 Å². The summed E-state index contributed by atoms with van der Waals surface area (Å²) in [6, 6.07) is 7.10. The van der Waals surface area contributed by atoms with Gasteiger partial charge in [-0.05, 0) is 63.7 Å². The first-order valence-electron chi connectivity index (χ1n) is 9.17. The lowest BCUT2D eigenvalue weighted by Crippen LogP contribution is -2.25. The van der Waals surface area contributed by atoms with E-state index in [2.05, 4.69) is 41.0 Å². The number of H-pyrrole nitrogens is 1. The first-order chi connectivity index (χ1) is 12.1. The largest absolute Gasteiger partial charge is 0.366 e.